The van der Waals surface area contributed by atoms with Gasteiger partial charge in [-0.25, -0.2) is 0 Å². The minimum Gasteiger partial charge on any atom is -0.366 e. The van der Waals surface area contributed by atoms with E-state index in [-0.39, 0.29) is 5.43 Å². The van der Waals surface area contributed by atoms with E-state index in [1.165, 1.54) is 16.3 Å². The van der Waals surface area contributed by atoms with Gasteiger partial charge in [0.25, 0.3) is 0 Å². The first kappa shape index (κ1) is 15.9. The molecule has 0 radical (unpaired) electrons. The molecule has 3 aromatic rings. The molecule has 0 aromatic heterocycles. The van der Waals surface area contributed by atoms with E-state index < -0.39 is 0 Å². The topological polar surface area (TPSA) is 23.6 Å². The van der Waals surface area contributed by atoms with Gasteiger partial charge in [-0.15, -0.1) is 0 Å². The highest BCUT2D eigenvalue weighted by atomic mass is 16.1. The van der Waals surface area contributed by atoms with Gasteiger partial charge in [-0.2, -0.15) is 0 Å². The fourth-order valence-corrected chi connectivity index (χ4v) is 3.52. The fraction of sp³-hybridized carbons (Fsp3) is 0.227. The van der Waals surface area contributed by atoms with Crippen molar-refractivity contribution in [2.45, 2.75) is 6.54 Å². The van der Waals surface area contributed by atoms with E-state index in [4.69, 9.17) is 0 Å². The van der Waals surface area contributed by atoms with Crippen LogP contribution in [0.5, 0.6) is 0 Å². The molecule has 126 valence electrons. The van der Waals surface area contributed by atoms with Crippen LogP contribution in [0, 0.1) is 0 Å². The molecule has 3 aromatic carbocycles. The summed E-state index contributed by atoms with van der Waals surface area (Å²) in [5, 5.41) is 2.59. The van der Waals surface area contributed by atoms with Crippen LogP contribution < -0.4 is 10.3 Å². The summed E-state index contributed by atoms with van der Waals surface area (Å²) in [7, 11) is 0. The quantitative estimate of drug-likeness (QED) is 0.734. The summed E-state index contributed by atoms with van der Waals surface area (Å²) < 4.78 is 0. The third-order valence-corrected chi connectivity index (χ3v) is 4.91. The van der Waals surface area contributed by atoms with Crippen LogP contribution in [-0.2, 0) is 6.54 Å². The molecule has 3 heteroatoms. The van der Waals surface area contributed by atoms with Gasteiger partial charge in [0, 0.05) is 32.7 Å². The SMILES string of the molecule is O=c1cccccc1N1CCN(Cc2ccc3ccccc3c2)CC1. The summed E-state index contributed by atoms with van der Waals surface area (Å²) in [5.41, 5.74) is 2.27. The number of nitrogens with zero attached hydrogens (tertiary/aromatic N) is 2. The molecule has 0 saturated carbocycles. The first-order valence-electron chi connectivity index (χ1n) is 8.84. The van der Waals surface area contributed by atoms with Crippen molar-refractivity contribution in [1.82, 2.24) is 4.90 Å². The van der Waals surface area contributed by atoms with Crippen LogP contribution in [0.3, 0.4) is 0 Å². The van der Waals surface area contributed by atoms with Crippen LogP contribution in [0.1, 0.15) is 5.56 Å². The molecule has 3 nitrogen and oxygen atoms in total. The Morgan fingerprint density at radius 3 is 2.28 bits per heavy atom. The molecule has 0 aliphatic carbocycles. The van der Waals surface area contributed by atoms with Gasteiger partial charge in [0.05, 0.1) is 5.69 Å². The van der Waals surface area contributed by atoms with Crippen molar-refractivity contribution in [3.63, 3.8) is 0 Å². The zero-order valence-electron chi connectivity index (χ0n) is 14.3. The summed E-state index contributed by atoms with van der Waals surface area (Å²) in [6.07, 6.45) is 0. The van der Waals surface area contributed by atoms with Crippen molar-refractivity contribution in [3.8, 4) is 0 Å². The Hall–Kier alpha value is -2.65. The lowest BCUT2D eigenvalue weighted by atomic mass is 10.1. The molecule has 0 N–H and O–H groups in total. The maximum atomic E-state index is 12.2. The normalized spacial score (nSPS) is 15.4. The summed E-state index contributed by atoms with van der Waals surface area (Å²) >= 11 is 0. The predicted molar refractivity (Wildman–Crippen MR) is 104 cm³/mol. The van der Waals surface area contributed by atoms with Crippen LogP contribution in [0.4, 0.5) is 5.69 Å². The second kappa shape index (κ2) is 7.08. The van der Waals surface area contributed by atoms with Gasteiger partial charge >= 0.3 is 0 Å². The first-order valence-corrected chi connectivity index (χ1v) is 8.84. The van der Waals surface area contributed by atoms with E-state index in [0.717, 1.165) is 38.4 Å². The highest BCUT2D eigenvalue weighted by molar-refractivity contribution is 5.82. The van der Waals surface area contributed by atoms with Gasteiger partial charge in [0.15, 0.2) is 0 Å². The Labute approximate surface area is 148 Å². The molecular weight excluding hydrogens is 308 g/mol. The van der Waals surface area contributed by atoms with Crippen molar-refractivity contribution >= 4 is 16.5 Å². The summed E-state index contributed by atoms with van der Waals surface area (Å²) in [6.45, 7) is 4.71. The number of anilines is 1. The zero-order chi connectivity index (χ0) is 17.1. The Morgan fingerprint density at radius 1 is 0.720 bits per heavy atom. The zero-order valence-corrected chi connectivity index (χ0v) is 14.3. The second-order valence-corrected chi connectivity index (χ2v) is 6.60. The van der Waals surface area contributed by atoms with Crippen molar-refractivity contribution < 1.29 is 0 Å². The average molecular weight is 330 g/mol. The molecule has 0 bridgehead atoms. The van der Waals surface area contributed by atoms with Gasteiger partial charge in [-0.3, -0.25) is 9.69 Å². The van der Waals surface area contributed by atoms with E-state index in [1.54, 1.807) is 6.07 Å². The average Bonchev–Trinajstić information content (AvgIpc) is 2.87. The van der Waals surface area contributed by atoms with Crippen molar-refractivity contribution in [3.05, 3.63) is 88.6 Å². The molecule has 0 amide bonds. The Kier molecular flexibility index (Phi) is 4.49. The van der Waals surface area contributed by atoms with Crippen molar-refractivity contribution in [2.24, 2.45) is 0 Å². The number of piperazine rings is 1. The number of hydrogen-bond donors (Lipinski definition) is 0. The minimum absolute atomic E-state index is 0.105. The Morgan fingerprint density at radius 2 is 1.44 bits per heavy atom. The van der Waals surface area contributed by atoms with Gasteiger partial charge < -0.3 is 4.90 Å². The lowest BCUT2D eigenvalue weighted by Crippen LogP contribution is -2.47. The van der Waals surface area contributed by atoms with Crippen LogP contribution in [-0.4, -0.2) is 31.1 Å². The molecule has 1 aliphatic heterocycles. The largest absolute Gasteiger partial charge is 0.366 e. The van der Waals surface area contributed by atoms with Gasteiger partial charge in [-0.1, -0.05) is 54.6 Å². The fourth-order valence-electron chi connectivity index (χ4n) is 3.52. The lowest BCUT2D eigenvalue weighted by molar-refractivity contribution is 0.250. The minimum atomic E-state index is 0.105. The lowest BCUT2D eigenvalue weighted by Gasteiger charge is -2.35. The summed E-state index contributed by atoms with van der Waals surface area (Å²) in [6, 6.07) is 24.4. The van der Waals surface area contributed by atoms with E-state index in [0.29, 0.717) is 0 Å². The van der Waals surface area contributed by atoms with Crippen LogP contribution in [0.2, 0.25) is 0 Å². The monoisotopic (exact) mass is 330 g/mol. The smallest absolute Gasteiger partial charge is 0.201 e. The highest BCUT2D eigenvalue weighted by Crippen LogP contribution is 2.18. The molecule has 0 unspecified atom stereocenters. The first-order chi connectivity index (χ1) is 12.3. The van der Waals surface area contributed by atoms with E-state index in [1.807, 2.05) is 24.3 Å². The molecule has 1 heterocycles. The standard InChI is InChI=1S/C22H22N2O/c25-22-9-3-1-2-8-21(22)24-14-12-23(13-15-24)17-18-10-11-19-6-4-5-7-20(19)16-18/h1-11,16H,12-15,17H2. The predicted octanol–water partition coefficient (Wildman–Crippen LogP) is 3.52. The van der Waals surface area contributed by atoms with Gasteiger partial charge in [0.2, 0.25) is 5.43 Å². The Bertz CT molecular complexity index is 930. The van der Waals surface area contributed by atoms with Crippen LogP contribution in [0.15, 0.2) is 77.6 Å². The Balaban J connectivity index is 1.43. The van der Waals surface area contributed by atoms with E-state index >= 15 is 0 Å². The molecular formula is C22H22N2O. The molecule has 1 saturated heterocycles. The van der Waals surface area contributed by atoms with Crippen molar-refractivity contribution in [2.75, 3.05) is 31.1 Å². The summed E-state index contributed by atoms with van der Waals surface area (Å²) in [5.74, 6) is 0. The maximum Gasteiger partial charge on any atom is 0.201 e. The maximum absolute atomic E-state index is 12.2. The van der Waals surface area contributed by atoms with Gasteiger partial charge in [-0.05, 0) is 34.5 Å². The van der Waals surface area contributed by atoms with Crippen LogP contribution in [0.25, 0.3) is 10.8 Å². The molecule has 4 rings (SSSR count). The second-order valence-electron chi connectivity index (χ2n) is 6.60. The highest BCUT2D eigenvalue weighted by Gasteiger charge is 2.18. The molecule has 25 heavy (non-hydrogen) atoms. The number of hydrogen-bond acceptors (Lipinski definition) is 3. The summed E-state index contributed by atoms with van der Waals surface area (Å²) in [4.78, 5) is 16.8. The van der Waals surface area contributed by atoms with Crippen LogP contribution >= 0.6 is 0 Å². The number of rotatable bonds is 3. The molecule has 1 fully saturated rings. The van der Waals surface area contributed by atoms with Gasteiger partial charge in [0.1, 0.15) is 0 Å². The number of fused-ring (bicyclic) bond motifs is 1. The molecule has 0 spiro atoms. The molecule has 0 atom stereocenters. The van der Waals surface area contributed by atoms with E-state index in [2.05, 4.69) is 52.3 Å². The van der Waals surface area contributed by atoms with Crippen molar-refractivity contribution in [1.29, 1.82) is 0 Å². The van der Waals surface area contributed by atoms with E-state index in [9.17, 15) is 4.79 Å². The number of benzene rings is 2. The molecule has 1 aliphatic rings. The third kappa shape index (κ3) is 3.57. The third-order valence-electron chi connectivity index (χ3n) is 4.91.